The Balaban J connectivity index is 0.00000300. The van der Waals surface area contributed by atoms with Crippen LogP contribution in [0.15, 0.2) is 53.5 Å². The van der Waals surface area contributed by atoms with Crippen molar-refractivity contribution in [2.24, 2.45) is 4.99 Å². The molecule has 0 aromatic heterocycles. The molecule has 7 heteroatoms. The van der Waals surface area contributed by atoms with E-state index in [0.29, 0.717) is 24.9 Å². The lowest BCUT2D eigenvalue weighted by Gasteiger charge is -2.14. The molecular formula is C22H29IN4O2. The van der Waals surface area contributed by atoms with Crippen molar-refractivity contribution < 1.29 is 9.53 Å². The second kappa shape index (κ2) is 11.6. The number of rotatable bonds is 8. The average molecular weight is 508 g/mol. The quantitative estimate of drug-likeness (QED) is 0.291. The number of nitrogens with zero attached hydrogens (tertiary/aromatic N) is 1. The van der Waals surface area contributed by atoms with E-state index in [1.54, 1.807) is 7.05 Å². The number of carbonyl (C=O) groups excluding carboxylic acids is 1. The lowest BCUT2D eigenvalue weighted by molar-refractivity contribution is -0.123. The maximum Gasteiger partial charge on any atom is 0.258 e. The molecule has 1 amide bonds. The van der Waals surface area contributed by atoms with Crippen LogP contribution in [0.3, 0.4) is 0 Å². The van der Waals surface area contributed by atoms with Gasteiger partial charge in [-0.2, -0.15) is 0 Å². The number of nitrogens with one attached hydrogen (secondary N) is 3. The molecule has 0 unspecified atom stereocenters. The molecule has 0 radical (unpaired) electrons. The smallest absolute Gasteiger partial charge is 0.258 e. The molecule has 0 spiro atoms. The molecule has 6 nitrogen and oxygen atoms in total. The van der Waals surface area contributed by atoms with Crippen LogP contribution in [-0.4, -0.2) is 31.6 Å². The average Bonchev–Trinajstić information content (AvgIpc) is 3.52. The van der Waals surface area contributed by atoms with Crippen LogP contribution in [0.25, 0.3) is 0 Å². The molecule has 2 aromatic rings. The number of aryl methyl sites for hydroxylation is 1. The van der Waals surface area contributed by atoms with E-state index in [1.165, 1.54) is 11.1 Å². The Hall–Kier alpha value is -2.29. The Morgan fingerprint density at radius 2 is 1.86 bits per heavy atom. The summed E-state index contributed by atoms with van der Waals surface area (Å²) in [6.45, 7) is 3.47. The fraction of sp³-hybridized carbons (Fsp3) is 0.364. The maximum atomic E-state index is 11.7. The van der Waals surface area contributed by atoms with E-state index in [0.717, 1.165) is 24.4 Å². The van der Waals surface area contributed by atoms with Crippen LogP contribution in [0, 0.1) is 6.92 Å². The van der Waals surface area contributed by atoms with Gasteiger partial charge in [0.2, 0.25) is 0 Å². The van der Waals surface area contributed by atoms with E-state index in [9.17, 15) is 4.79 Å². The van der Waals surface area contributed by atoms with Crippen LogP contribution >= 0.6 is 24.0 Å². The molecule has 3 rings (SSSR count). The van der Waals surface area contributed by atoms with E-state index < -0.39 is 0 Å². The van der Waals surface area contributed by atoms with Crippen LogP contribution in [0.2, 0.25) is 0 Å². The molecule has 0 saturated heterocycles. The summed E-state index contributed by atoms with van der Waals surface area (Å²) in [5.41, 5.74) is 3.55. The van der Waals surface area contributed by atoms with E-state index in [1.807, 2.05) is 36.4 Å². The normalized spacial score (nSPS) is 13.2. The Labute approximate surface area is 189 Å². The minimum atomic E-state index is -0.0631. The number of hydrogen-bond donors (Lipinski definition) is 3. The first kappa shape index (κ1) is 23.0. The Morgan fingerprint density at radius 1 is 1.10 bits per heavy atom. The maximum absolute atomic E-state index is 11.7. The number of aliphatic imine (C=N–C) groups is 1. The molecular weight excluding hydrogens is 479 g/mol. The third kappa shape index (κ3) is 7.92. The fourth-order valence-electron chi connectivity index (χ4n) is 2.78. The number of carbonyl (C=O) groups is 1. The third-order valence-electron chi connectivity index (χ3n) is 4.60. The van der Waals surface area contributed by atoms with Crippen molar-refractivity contribution in [3.63, 3.8) is 0 Å². The van der Waals surface area contributed by atoms with Gasteiger partial charge in [0, 0.05) is 26.2 Å². The second-order valence-corrected chi connectivity index (χ2v) is 6.98. The molecule has 1 aliphatic carbocycles. The van der Waals surface area contributed by atoms with E-state index in [2.05, 4.69) is 40.0 Å². The van der Waals surface area contributed by atoms with Gasteiger partial charge in [-0.05, 0) is 48.6 Å². The zero-order chi connectivity index (χ0) is 19.8. The van der Waals surface area contributed by atoms with Crippen LogP contribution in [0.5, 0.6) is 5.75 Å². The fourth-order valence-corrected chi connectivity index (χ4v) is 2.78. The van der Waals surface area contributed by atoms with Gasteiger partial charge in [-0.25, -0.2) is 0 Å². The predicted molar refractivity (Wildman–Crippen MR) is 127 cm³/mol. The lowest BCUT2D eigenvalue weighted by Crippen LogP contribution is -2.36. The number of benzene rings is 2. The van der Waals surface area contributed by atoms with Gasteiger partial charge in [0.05, 0.1) is 0 Å². The molecule has 1 fully saturated rings. The van der Waals surface area contributed by atoms with E-state index >= 15 is 0 Å². The molecule has 0 heterocycles. The highest BCUT2D eigenvalue weighted by atomic mass is 127. The zero-order valence-corrected chi connectivity index (χ0v) is 19.2. The molecule has 1 saturated carbocycles. The molecule has 0 aliphatic heterocycles. The largest absolute Gasteiger partial charge is 0.484 e. The van der Waals surface area contributed by atoms with Gasteiger partial charge in [0.15, 0.2) is 12.6 Å². The SMILES string of the molecule is CN=C(NCc1cccc(OCC(=O)NC2CC2)c1)NCc1ccccc1C.I. The van der Waals surface area contributed by atoms with Gasteiger partial charge in [0.25, 0.3) is 5.91 Å². The predicted octanol–water partition coefficient (Wildman–Crippen LogP) is 3.14. The Morgan fingerprint density at radius 3 is 2.59 bits per heavy atom. The summed E-state index contributed by atoms with van der Waals surface area (Å²) >= 11 is 0. The van der Waals surface area contributed by atoms with Crippen molar-refractivity contribution >= 4 is 35.8 Å². The Bertz CT molecular complexity index is 837. The van der Waals surface area contributed by atoms with Crippen molar-refractivity contribution in [2.75, 3.05) is 13.7 Å². The van der Waals surface area contributed by atoms with Crippen molar-refractivity contribution in [1.29, 1.82) is 0 Å². The number of halogens is 1. The van der Waals surface area contributed by atoms with Crippen molar-refractivity contribution in [3.8, 4) is 5.75 Å². The number of hydrogen-bond acceptors (Lipinski definition) is 3. The zero-order valence-electron chi connectivity index (χ0n) is 16.9. The third-order valence-corrected chi connectivity index (χ3v) is 4.60. The lowest BCUT2D eigenvalue weighted by atomic mass is 10.1. The first-order valence-electron chi connectivity index (χ1n) is 9.64. The molecule has 29 heavy (non-hydrogen) atoms. The highest BCUT2D eigenvalue weighted by molar-refractivity contribution is 14.0. The van der Waals surface area contributed by atoms with Gasteiger partial charge in [-0.1, -0.05) is 36.4 Å². The summed E-state index contributed by atoms with van der Waals surface area (Å²) < 4.78 is 5.60. The van der Waals surface area contributed by atoms with Crippen molar-refractivity contribution in [3.05, 3.63) is 65.2 Å². The number of amides is 1. The molecule has 0 bridgehead atoms. The first-order valence-corrected chi connectivity index (χ1v) is 9.64. The van der Waals surface area contributed by atoms with Gasteiger partial charge >= 0.3 is 0 Å². The molecule has 2 aromatic carbocycles. The van der Waals surface area contributed by atoms with Crippen LogP contribution in [-0.2, 0) is 17.9 Å². The standard InChI is InChI=1S/C22H28N4O2.HI/c1-16-6-3-4-8-18(16)14-25-22(23-2)24-13-17-7-5-9-20(12-17)28-15-21(27)26-19-10-11-19;/h3-9,12,19H,10-11,13-15H2,1-2H3,(H,26,27)(H2,23,24,25);1H. The van der Waals surface area contributed by atoms with Crippen molar-refractivity contribution in [1.82, 2.24) is 16.0 Å². The minimum Gasteiger partial charge on any atom is -0.484 e. The monoisotopic (exact) mass is 508 g/mol. The van der Waals surface area contributed by atoms with Gasteiger partial charge in [-0.15, -0.1) is 24.0 Å². The van der Waals surface area contributed by atoms with Gasteiger partial charge < -0.3 is 20.7 Å². The molecule has 0 atom stereocenters. The summed E-state index contributed by atoms with van der Waals surface area (Å²) in [4.78, 5) is 16.0. The summed E-state index contributed by atoms with van der Waals surface area (Å²) in [6, 6.07) is 16.4. The molecule has 156 valence electrons. The van der Waals surface area contributed by atoms with E-state index in [-0.39, 0.29) is 36.5 Å². The summed E-state index contributed by atoms with van der Waals surface area (Å²) in [6.07, 6.45) is 2.15. The van der Waals surface area contributed by atoms with Crippen molar-refractivity contribution in [2.45, 2.75) is 38.9 Å². The summed E-state index contributed by atoms with van der Waals surface area (Å²) in [5, 5.41) is 9.55. The topological polar surface area (TPSA) is 74.8 Å². The second-order valence-electron chi connectivity index (χ2n) is 6.98. The molecule has 3 N–H and O–H groups in total. The summed E-state index contributed by atoms with van der Waals surface area (Å²) in [5.74, 6) is 1.36. The first-order chi connectivity index (χ1) is 13.6. The van der Waals surface area contributed by atoms with E-state index in [4.69, 9.17) is 4.74 Å². The minimum absolute atomic E-state index is 0. The highest BCUT2D eigenvalue weighted by Crippen LogP contribution is 2.18. The molecule has 1 aliphatic rings. The number of guanidine groups is 1. The number of ether oxygens (including phenoxy) is 1. The van der Waals surface area contributed by atoms with Gasteiger partial charge in [0.1, 0.15) is 5.75 Å². The van der Waals surface area contributed by atoms with Crippen LogP contribution in [0.4, 0.5) is 0 Å². The van der Waals surface area contributed by atoms with Crippen LogP contribution in [0.1, 0.15) is 29.5 Å². The van der Waals surface area contributed by atoms with Crippen LogP contribution < -0.4 is 20.7 Å². The Kier molecular flexibility index (Phi) is 9.24. The highest BCUT2D eigenvalue weighted by Gasteiger charge is 2.23. The summed E-state index contributed by atoms with van der Waals surface area (Å²) in [7, 11) is 1.76. The van der Waals surface area contributed by atoms with Gasteiger partial charge in [-0.3, -0.25) is 9.79 Å².